The number of amides is 4. The molecule has 0 saturated carbocycles. The van der Waals surface area contributed by atoms with Gasteiger partial charge in [-0.25, -0.2) is 4.79 Å². The van der Waals surface area contributed by atoms with Gasteiger partial charge in [0.1, 0.15) is 6.54 Å². The second-order valence-electron chi connectivity index (χ2n) is 10.0. The first-order valence-corrected chi connectivity index (χ1v) is 12.5. The Morgan fingerprint density at radius 3 is 2.17 bits per heavy atom. The van der Waals surface area contributed by atoms with Gasteiger partial charge >= 0.3 is 6.03 Å². The van der Waals surface area contributed by atoms with Crippen LogP contribution in [-0.2, 0) is 16.1 Å². The van der Waals surface area contributed by atoms with Crippen molar-refractivity contribution in [2.24, 2.45) is 0 Å². The summed E-state index contributed by atoms with van der Waals surface area (Å²) in [7, 11) is 1.67. The van der Waals surface area contributed by atoms with Crippen molar-refractivity contribution in [2.45, 2.75) is 26.4 Å². The number of benzene rings is 2. The Labute approximate surface area is 212 Å². The second kappa shape index (κ2) is 9.78. The van der Waals surface area contributed by atoms with E-state index in [1.54, 1.807) is 11.9 Å². The molecule has 0 aromatic heterocycles. The summed E-state index contributed by atoms with van der Waals surface area (Å²) in [5, 5.41) is 2.95. The molecule has 3 aliphatic heterocycles. The largest absolute Gasteiger partial charge is 0.339 e. The molecule has 0 bridgehead atoms. The molecule has 2 aromatic rings. The molecular weight excluding hydrogens is 454 g/mol. The predicted molar refractivity (Wildman–Crippen MR) is 137 cm³/mol. The highest BCUT2D eigenvalue weighted by Crippen LogP contribution is 2.35. The molecular formula is C28H33N5O3. The molecule has 0 unspecified atom stereocenters. The zero-order valence-corrected chi connectivity index (χ0v) is 21.2. The van der Waals surface area contributed by atoms with Crippen LogP contribution in [0.4, 0.5) is 4.79 Å². The van der Waals surface area contributed by atoms with Gasteiger partial charge in [0.25, 0.3) is 5.91 Å². The third-order valence-electron chi connectivity index (χ3n) is 7.42. The molecule has 0 aliphatic carbocycles. The number of carbonyl (C=O) groups is 3. The van der Waals surface area contributed by atoms with Gasteiger partial charge in [-0.15, -0.1) is 0 Å². The lowest BCUT2D eigenvalue weighted by Gasteiger charge is -2.35. The van der Waals surface area contributed by atoms with Crippen LogP contribution in [0.25, 0.3) is 0 Å². The third kappa shape index (κ3) is 4.73. The fraction of sp³-hybridized carbons (Fsp3) is 0.393. The van der Waals surface area contributed by atoms with Crippen LogP contribution in [-0.4, -0.2) is 83.8 Å². The van der Waals surface area contributed by atoms with Gasteiger partial charge in [0, 0.05) is 39.8 Å². The summed E-state index contributed by atoms with van der Waals surface area (Å²) >= 11 is 0. The molecule has 3 aliphatic rings. The van der Waals surface area contributed by atoms with Crippen LogP contribution >= 0.6 is 0 Å². The van der Waals surface area contributed by atoms with E-state index < -0.39 is 6.04 Å². The minimum Gasteiger partial charge on any atom is -0.339 e. The molecule has 1 atom stereocenters. The first-order valence-electron chi connectivity index (χ1n) is 12.5. The maximum atomic E-state index is 13.5. The van der Waals surface area contributed by atoms with E-state index in [0.717, 1.165) is 30.8 Å². The predicted octanol–water partition coefficient (Wildman–Crippen LogP) is 2.44. The van der Waals surface area contributed by atoms with Crippen LogP contribution in [0.1, 0.15) is 28.3 Å². The molecule has 4 amide bonds. The molecule has 8 heteroatoms. The van der Waals surface area contributed by atoms with Gasteiger partial charge in [0.05, 0.1) is 23.9 Å². The van der Waals surface area contributed by atoms with Crippen LogP contribution in [0.5, 0.6) is 0 Å². The fourth-order valence-corrected chi connectivity index (χ4v) is 5.13. The van der Waals surface area contributed by atoms with Gasteiger partial charge in [0.2, 0.25) is 5.91 Å². The summed E-state index contributed by atoms with van der Waals surface area (Å²) in [5.74, 6) is -0.235. The van der Waals surface area contributed by atoms with Crippen LogP contribution in [0.3, 0.4) is 0 Å². The van der Waals surface area contributed by atoms with Gasteiger partial charge in [-0.05, 0) is 25.0 Å². The highest BCUT2D eigenvalue weighted by molar-refractivity contribution is 6.02. The number of urea groups is 1. The Balaban J connectivity index is 1.21. The van der Waals surface area contributed by atoms with E-state index in [2.05, 4.69) is 41.4 Å². The first-order chi connectivity index (χ1) is 17.3. The normalized spacial score (nSPS) is 20.6. The summed E-state index contributed by atoms with van der Waals surface area (Å²) < 4.78 is 0. The number of carbonyl (C=O) groups excluding carboxylic acids is 3. The molecule has 3 heterocycles. The number of likely N-dealkylation sites (N-methyl/N-ethyl adjacent to an activating group) is 1. The molecule has 36 heavy (non-hydrogen) atoms. The Hall–Kier alpha value is -3.65. The molecule has 0 radical (unpaired) electrons. The van der Waals surface area contributed by atoms with Crippen molar-refractivity contribution in [2.75, 3.05) is 46.3 Å². The average molecular weight is 488 g/mol. The van der Waals surface area contributed by atoms with Crippen LogP contribution in [0.2, 0.25) is 0 Å². The second-order valence-corrected chi connectivity index (χ2v) is 10.0. The van der Waals surface area contributed by atoms with Gasteiger partial charge < -0.3 is 15.1 Å². The van der Waals surface area contributed by atoms with E-state index in [4.69, 9.17) is 0 Å². The van der Waals surface area contributed by atoms with Gasteiger partial charge in [-0.3, -0.25) is 19.4 Å². The summed E-state index contributed by atoms with van der Waals surface area (Å²) in [6.07, 6.45) is 0. The summed E-state index contributed by atoms with van der Waals surface area (Å²) in [6, 6.07) is 15.6. The van der Waals surface area contributed by atoms with E-state index >= 15 is 0 Å². The molecule has 1 saturated heterocycles. The van der Waals surface area contributed by atoms with Crippen molar-refractivity contribution < 1.29 is 14.4 Å². The number of hydrogen-bond acceptors (Lipinski definition) is 4. The molecule has 5 rings (SSSR count). The van der Waals surface area contributed by atoms with E-state index in [9.17, 15) is 14.4 Å². The molecule has 0 spiro atoms. The van der Waals surface area contributed by atoms with Gasteiger partial charge in [-0.1, -0.05) is 59.7 Å². The van der Waals surface area contributed by atoms with Gasteiger partial charge in [0.15, 0.2) is 0 Å². The van der Waals surface area contributed by atoms with Crippen molar-refractivity contribution >= 4 is 17.8 Å². The fourth-order valence-electron chi connectivity index (χ4n) is 5.13. The standard InChI is InChI=1S/C28H33N5O3/c1-19-4-8-21(9-5-19)16-31-12-14-32(15-13-31)24(34)18-33-17-23-25(27(33)35)26(29-28(36)30(23)3)22-10-6-20(2)7-11-22/h4-11,26H,12-18H2,1-3H3,(H,29,36)/t26-/m0/s1. The number of nitrogens with one attached hydrogen (secondary N) is 1. The molecule has 1 N–H and O–H groups in total. The lowest BCUT2D eigenvalue weighted by Crippen LogP contribution is -2.51. The van der Waals surface area contributed by atoms with Crippen LogP contribution < -0.4 is 5.32 Å². The average Bonchev–Trinajstić information content (AvgIpc) is 3.20. The van der Waals surface area contributed by atoms with E-state index in [1.165, 1.54) is 16.0 Å². The SMILES string of the molecule is Cc1ccc(CN2CCN(C(=O)CN3CC4=C(C3=O)[C@H](c3ccc(C)cc3)NC(=O)N4C)CC2)cc1. The highest BCUT2D eigenvalue weighted by Gasteiger charge is 2.43. The number of piperazine rings is 1. The Morgan fingerprint density at radius 2 is 1.53 bits per heavy atom. The van der Waals surface area contributed by atoms with E-state index in [-0.39, 0.29) is 30.9 Å². The van der Waals surface area contributed by atoms with Crippen molar-refractivity contribution in [3.05, 3.63) is 82.1 Å². The zero-order valence-electron chi connectivity index (χ0n) is 21.2. The molecule has 2 aromatic carbocycles. The molecule has 8 nitrogen and oxygen atoms in total. The van der Waals surface area contributed by atoms with E-state index in [1.807, 2.05) is 36.1 Å². The number of nitrogens with zero attached hydrogens (tertiary/aromatic N) is 4. The monoisotopic (exact) mass is 487 g/mol. The number of aryl methyl sites for hydroxylation is 2. The third-order valence-corrected chi connectivity index (χ3v) is 7.42. The first kappa shape index (κ1) is 24.1. The lowest BCUT2D eigenvalue weighted by molar-refractivity contribution is -0.139. The Kier molecular flexibility index (Phi) is 6.53. The van der Waals surface area contributed by atoms with Gasteiger partial charge in [-0.2, -0.15) is 0 Å². The van der Waals surface area contributed by atoms with E-state index in [0.29, 0.717) is 24.4 Å². The molecule has 188 valence electrons. The molecule has 1 fully saturated rings. The maximum absolute atomic E-state index is 13.5. The van der Waals surface area contributed by atoms with Crippen molar-refractivity contribution in [1.29, 1.82) is 0 Å². The minimum atomic E-state index is -0.512. The smallest absolute Gasteiger partial charge is 0.322 e. The highest BCUT2D eigenvalue weighted by atomic mass is 16.2. The van der Waals surface area contributed by atoms with Crippen molar-refractivity contribution in [3.8, 4) is 0 Å². The summed E-state index contributed by atoms with van der Waals surface area (Å²) in [4.78, 5) is 46.5. The summed E-state index contributed by atoms with van der Waals surface area (Å²) in [5.41, 5.74) is 5.71. The zero-order chi connectivity index (χ0) is 25.4. The minimum absolute atomic E-state index is 0.0203. The van der Waals surface area contributed by atoms with Crippen molar-refractivity contribution in [1.82, 2.24) is 24.9 Å². The Morgan fingerprint density at radius 1 is 0.917 bits per heavy atom. The topological polar surface area (TPSA) is 76.2 Å². The lowest BCUT2D eigenvalue weighted by atomic mass is 9.95. The number of rotatable bonds is 5. The summed E-state index contributed by atoms with van der Waals surface area (Å²) in [6.45, 7) is 8.14. The van der Waals surface area contributed by atoms with Crippen LogP contribution in [0, 0.1) is 13.8 Å². The number of hydrogen-bond donors (Lipinski definition) is 1. The van der Waals surface area contributed by atoms with Crippen molar-refractivity contribution in [3.63, 3.8) is 0 Å². The Bertz CT molecular complexity index is 1200. The maximum Gasteiger partial charge on any atom is 0.322 e. The van der Waals surface area contributed by atoms with Crippen LogP contribution in [0.15, 0.2) is 59.8 Å². The quantitative estimate of drug-likeness (QED) is 0.703.